The number of imidazole rings is 1. The highest BCUT2D eigenvalue weighted by molar-refractivity contribution is 6.30. The van der Waals surface area contributed by atoms with Crippen molar-refractivity contribution in [1.82, 2.24) is 14.4 Å². The Balaban J connectivity index is 1.94. The highest BCUT2D eigenvalue weighted by Gasteiger charge is 2.17. The third-order valence-electron chi connectivity index (χ3n) is 4.44. The van der Waals surface area contributed by atoms with Crippen molar-refractivity contribution >= 4 is 34.0 Å². The summed E-state index contributed by atoms with van der Waals surface area (Å²) in [5.41, 5.74) is 3.54. The zero-order valence-corrected chi connectivity index (χ0v) is 15.8. The molecule has 0 aliphatic carbocycles. The van der Waals surface area contributed by atoms with E-state index in [9.17, 15) is 4.79 Å². The second-order valence-electron chi connectivity index (χ2n) is 6.41. The second-order valence-corrected chi connectivity index (χ2v) is 6.84. The Morgan fingerprint density at radius 3 is 2.93 bits per heavy atom. The van der Waals surface area contributed by atoms with Gasteiger partial charge < -0.3 is 15.0 Å². The number of aryl methyl sites for hydroxylation is 1. The van der Waals surface area contributed by atoms with Crippen LogP contribution in [-0.4, -0.2) is 34.6 Å². The van der Waals surface area contributed by atoms with Crippen LogP contribution < -0.4 is 10.9 Å². The van der Waals surface area contributed by atoms with Gasteiger partial charge in [0.2, 0.25) is 0 Å². The van der Waals surface area contributed by atoms with Gasteiger partial charge in [0.25, 0.3) is 5.56 Å². The molecule has 0 saturated heterocycles. The number of H-pyrrole nitrogens is 1. The molecule has 2 N–H and O–H groups in total. The maximum atomic E-state index is 12.8. The van der Waals surface area contributed by atoms with E-state index in [0.29, 0.717) is 40.9 Å². The first-order valence-electron chi connectivity index (χ1n) is 8.61. The normalized spacial score (nSPS) is 11.4. The van der Waals surface area contributed by atoms with E-state index in [-0.39, 0.29) is 5.56 Å². The molecule has 4 rings (SSSR count). The molecule has 0 spiro atoms. The van der Waals surface area contributed by atoms with Crippen LogP contribution in [0.3, 0.4) is 0 Å². The Bertz CT molecular complexity index is 1200. The monoisotopic (exact) mass is 382 g/mol. The quantitative estimate of drug-likeness (QED) is 0.514. The van der Waals surface area contributed by atoms with Crippen LogP contribution in [0.15, 0.2) is 47.4 Å². The lowest BCUT2D eigenvalue weighted by atomic mass is 10.1. The van der Waals surface area contributed by atoms with E-state index in [0.717, 1.165) is 16.5 Å². The molecule has 0 unspecified atom stereocenters. The van der Waals surface area contributed by atoms with Crippen molar-refractivity contribution in [2.24, 2.45) is 0 Å². The number of nitrogens with zero attached hydrogens (tertiary/aromatic N) is 2. The third kappa shape index (κ3) is 3.29. The number of hydrogen-bond acceptors (Lipinski definition) is 4. The van der Waals surface area contributed by atoms with Gasteiger partial charge in [-0.25, -0.2) is 4.98 Å². The highest BCUT2D eigenvalue weighted by Crippen LogP contribution is 2.29. The number of pyridine rings is 2. The molecule has 7 heteroatoms. The summed E-state index contributed by atoms with van der Waals surface area (Å²) in [6.45, 7) is 3.13. The van der Waals surface area contributed by atoms with Crippen molar-refractivity contribution in [1.29, 1.82) is 0 Å². The number of nitrogens with one attached hydrogen (secondary N) is 2. The minimum atomic E-state index is -0.185. The van der Waals surface area contributed by atoms with E-state index in [4.69, 9.17) is 16.3 Å². The zero-order valence-electron chi connectivity index (χ0n) is 15.0. The first kappa shape index (κ1) is 17.6. The lowest BCUT2D eigenvalue weighted by Crippen LogP contribution is -2.13. The molecule has 0 bridgehead atoms. The Kier molecular flexibility index (Phi) is 4.59. The van der Waals surface area contributed by atoms with Crippen LogP contribution in [0.2, 0.25) is 5.02 Å². The molecule has 27 heavy (non-hydrogen) atoms. The van der Waals surface area contributed by atoms with Gasteiger partial charge in [0, 0.05) is 25.4 Å². The second kappa shape index (κ2) is 7.06. The minimum absolute atomic E-state index is 0.185. The van der Waals surface area contributed by atoms with Crippen LogP contribution in [0.5, 0.6) is 0 Å². The van der Waals surface area contributed by atoms with Crippen molar-refractivity contribution in [2.45, 2.75) is 6.92 Å². The predicted octanol–water partition coefficient (Wildman–Crippen LogP) is 3.86. The summed E-state index contributed by atoms with van der Waals surface area (Å²) in [4.78, 5) is 20.4. The van der Waals surface area contributed by atoms with Crippen LogP contribution >= 0.6 is 11.6 Å². The van der Waals surface area contributed by atoms with Crippen molar-refractivity contribution in [3.8, 4) is 11.3 Å². The number of anilines is 1. The van der Waals surface area contributed by atoms with Crippen LogP contribution in [0.25, 0.3) is 27.8 Å². The first-order valence-corrected chi connectivity index (χ1v) is 8.99. The van der Waals surface area contributed by atoms with Gasteiger partial charge in [0.15, 0.2) is 0 Å². The predicted molar refractivity (Wildman–Crippen MR) is 109 cm³/mol. The molecule has 6 nitrogen and oxygen atoms in total. The SMILES string of the molecule is COCCNc1c(-c2cc3cc(C)ccc3[nH]c2=O)nc2ccc(Cl)cn12. The molecule has 0 aliphatic rings. The molecular weight excluding hydrogens is 364 g/mol. The molecule has 3 heterocycles. The molecule has 0 aliphatic heterocycles. The van der Waals surface area contributed by atoms with Crippen molar-refractivity contribution in [2.75, 3.05) is 25.6 Å². The number of hydrogen-bond donors (Lipinski definition) is 2. The molecule has 0 radical (unpaired) electrons. The minimum Gasteiger partial charge on any atom is -0.383 e. The van der Waals surface area contributed by atoms with E-state index >= 15 is 0 Å². The zero-order chi connectivity index (χ0) is 19.0. The van der Waals surface area contributed by atoms with Crippen molar-refractivity contribution < 1.29 is 4.74 Å². The smallest absolute Gasteiger partial charge is 0.258 e. The topological polar surface area (TPSA) is 71.4 Å². The fourth-order valence-electron chi connectivity index (χ4n) is 3.15. The maximum absolute atomic E-state index is 12.8. The Labute approximate surface area is 160 Å². The molecule has 1 aromatic carbocycles. The largest absolute Gasteiger partial charge is 0.383 e. The van der Waals surface area contributed by atoms with Gasteiger partial charge in [-0.3, -0.25) is 9.20 Å². The van der Waals surface area contributed by atoms with E-state index in [1.54, 1.807) is 19.4 Å². The maximum Gasteiger partial charge on any atom is 0.258 e. The molecule has 0 saturated carbocycles. The van der Waals surface area contributed by atoms with Crippen LogP contribution in [0.1, 0.15) is 5.56 Å². The van der Waals surface area contributed by atoms with Gasteiger partial charge in [-0.2, -0.15) is 0 Å². The third-order valence-corrected chi connectivity index (χ3v) is 4.66. The van der Waals surface area contributed by atoms with Crippen LogP contribution in [0, 0.1) is 6.92 Å². The summed E-state index contributed by atoms with van der Waals surface area (Å²) in [6, 6.07) is 11.4. The van der Waals surface area contributed by atoms with Crippen molar-refractivity contribution in [3.05, 3.63) is 63.5 Å². The number of aromatic nitrogens is 3. The fourth-order valence-corrected chi connectivity index (χ4v) is 3.31. The lowest BCUT2D eigenvalue weighted by molar-refractivity contribution is 0.210. The van der Waals surface area contributed by atoms with E-state index in [2.05, 4.69) is 15.3 Å². The Morgan fingerprint density at radius 2 is 2.11 bits per heavy atom. The van der Waals surface area contributed by atoms with Gasteiger partial charge in [-0.1, -0.05) is 23.2 Å². The average Bonchev–Trinajstić information content (AvgIpc) is 2.99. The van der Waals surface area contributed by atoms with Crippen LogP contribution in [-0.2, 0) is 4.74 Å². The lowest BCUT2D eigenvalue weighted by Gasteiger charge is -2.09. The number of rotatable bonds is 5. The molecule has 4 aromatic rings. The molecular formula is C20H19ClN4O2. The molecule has 138 valence electrons. The Morgan fingerprint density at radius 1 is 1.26 bits per heavy atom. The number of aromatic amines is 1. The summed E-state index contributed by atoms with van der Waals surface area (Å²) in [5, 5.41) is 4.86. The first-order chi connectivity index (χ1) is 13.1. The van der Waals surface area contributed by atoms with Gasteiger partial charge in [-0.15, -0.1) is 0 Å². The van der Waals surface area contributed by atoms with Crippen molar-refractivity contribution in [3.63, 3.8) is 0 Å². The van der Waals surface area contributed by atoms with E-state index in [1.807, 2.05) is 41.7 Å². The summed E-state index contributed by atoms with van der Waals surface area (Å²) in [7, 11) is 1.64. The van der Waals surface area contributed by atoms with Crippen LogP contribution in [0.4, 0.5) is 5.82 Å². The van der Waals surface area contributed by atoms with E-state index in [1.165, 1.54) is 0 Å². The number of benzene rings is 1. The van der Waals surface area contributed by atoms with Gasteiger partial charge in [0.05, 0.1) is 17.2 Å². The molecule has 0 amide bonds. The highest BCUT2D eigenvalue weighted by atomic mass is 35.5. The number of halogens is 1. The fraction of sp³-hybridized carbons (Fsp3) is 0.200. The Hall–Kier alpha value is -2.83. The number of methoxy groups -OCH3 is 1. The average molecular weight is 383 g/mol. The number of fused-ring (bicyclic) bond motifs is 2. The number of ether oxygens (including phenoxy) is 1. The summed E-state index contributed by atoms with van der Waals surface area (Å²) >= 11 is 6.17. The van der Waals surface area contributed by atoms with E-state index < -0.39 is 0 Å². The van der Waals surface area contributed by atoms with Gasteiger partial charge >= 0.3 is 0 Å². The molecule has 3 aromatic heterocycles. The molecule has 0 atom stereocenters. The summed E-state index contributed by atoms with van der Waals surface area (Å²) in [6.07, 6.45) is 1.78. The standard InChI is InChI=1S/C20H19ClN4O2/c1-12-3-5-16-13(9-12)10-15(20(26)23-16)18-19(22-7-8-27-2)25-11-14(21)4-6-17(25)24-18/h3-6,9-11,22H,7-8H2,1-2H3,(H,23,26). The summed E-state index contributed by atoms with van der Waals surface area (Å²) in [5.74, 6) is 0.710. The summed E-state index contributed by atoms with van der Waals surface area (Å²) < 4.78 is 6.98. The van der Waals surface area contributed by atoms with Gasteiger partial charge in [-0.05, 0) is 42.6 Å². The molecule has 0 fully saturated rings. The van der Waals surface area contributed by atoms with Gasteiger partial charge in [0.1, 0.15) is 17.2 Å².